The molecular formula is C16H25BrO2. The van der Waals surface area contributed by atoms with Gasteiger partial charge in [0.2, 0.25) is 0 Å². The number of halogens is 1. The lowest BCUT2D eigenvalue weighted by Crippen LogP contribution is -2.30. The van der Waals surface area contributed by atoms with Crippen LogP contribution in [0.2, 0.25) is 0 Å². The highest BCUT2D eigenvalue weighted by Crippen LogP contribution is 2.35. The maximum Gasteiger partial charge on any atom is 0.159 e. The van der Waals surface area contributed by atoms with Crippen molar-refractivity contribution >= 4 is 15.9 Å². The van der Waals surface area contributed by atoms with E-state index in [1.54, 1.807) is 0 Å². The van der Waals surface area contributed by atoms with Crippen LogP contribution < -0.4 is 0 Å². The zero-order valence-corrected chi connectivity index (χ0v) is 14.3. The third-order valence-electron chi connectivity index (χ3n) is 3.35. The van der Waals surface area contributed by atoms with Crippen LogP contribution in [0.1, 0.15) is 41.0 Å². The van der Waals surface area contributed by atoms with Gasteiger partial charge in [-0.05, 0) is 39.7 Å². The summed E-state index contributed by atoms with van der Waals surface area (Å²) in [6.45, 7) is 14.9. The zero-order valence-electron chi connectivity index (χ0n) is 12.7. The molecule has 1 atom stereocenters. The van der Waals surface area contributed by atoms with E-state index in [0.29, 0.717) is 18.3 Å². The lowest BCUT2D eigenvalue weighted by molar-refractivity contribution is -0.000888. The molecular weight excluding hydrogens is 304 g/mol. The quantitative estimate of drug-likeness (QED) is 0.506. The minimum Gasteiger partial charge on any atom is -0.495 e. The Bertz CT molecular complexity index is 405. The van der Waals surface area contributed by atoms with Crippen molar-refractivity contribution in [3.05, 3.63) is 35.3 Å². The molecule has 1 aliphatic carbocycles. The second-order valence-corrected chi connectivity index (χ2v) is 6.12. The van der Waals surface area contributed by atoms with Crippen molar-refractivity contribution in [3.8, 4) is 0 Å². The van der Waals surface area contributed by atoms with E-state index in [4.69, 9.17) is 9.47 Å². The highest BCUT2D eigenvalue weighted by molar-refractivity contribution is 9.09. The highest BCUT2D eigenvalue weighted by Gasteiger charge is 2.30. The van der Waals surface area contributed by atoms with Gasteiger partial charge in [0.25, 0.3) is 0 Å². The topological polar surface area (TPSA) is 18.5 Å². The van der Waals surface area contributed by atoms with Crippen LogP contribution in [-0.2, 0) is 9.47 Å². The molecule has 0 fully saturated rings. The lowest BCUT2D eigenvalue weighted by atomic mass is 9.90. The predicted molar refractivity (Wildman–Crippen MR) is 84.3 cm³/mol. The fourth-order valence-corrected chi connectivity index (χ4v) is 2.66. The van der Waals surface area contributed by atoms with E-state index in [2.05, 4.69) is 42.4 Å². The van der Waals surface area contributed by atoms with Gasteiger partial charge < -0.3 is 9.47 Å². The first kappa shape index (κ1) is 16.4. The van der Waals surface area contributed by atoms with Gasteiger partial charge in [-0.15, -0.1) is 0 Å². The molecule has 0 heterocycles. The van der Waals surface area contributed by atoms with Crippen LogP contribution in [0.25, 0.3) is 0 Å². The van der Waals surface area contributed by atoms with Gasteiger partial charge >= 0.3 is 0 Å². The average Bonchev–Trinajstić information content (AvgIpc) is 2.33. The lowest BCUT2D eigenvalue weighted by Gasteiger charge is -2.34. The first-order valence-corrected chi connectivity index (χ1v) is 7.91. The van der Waals surface area contributed by atoms with E-state index in [9.17, 15) is 0 Å². The largest absolute Gasteiger partial charge is 0.495 e. The number of ether oxygens (including phenoxy) is 2. The first-order valence-electron chi connectivity index (χ1n) is 6.79. The summed E-state index contributed by atoms with van der Waals surface area (Å²) in [4.78, 5) is 0. The summed E-state index contributed by atoms with van der Waals surface area (Å²) in [6.07, 6.45) is 3.25. The van der Waals surface area contributed by atoms with Crippen LogP contribution in [0.4, 0.5) is 0 Å². The van der Waals surface area contributed by atoms with Crippen molar-refractivity contribution in [2.24, 2.45) is 5.92 Å². The Labute approximate surface area is 125 Å². The SMILES string of the molecule is C=C(OCC)C(C)(C)OC1=C(C)C=C(CBr)CC1C. The zero-order chi connectivity index (χ0) is 14.6. The van der Waals surface area contributed by atoms with E-state index in [1.807, 2.05) is 20.8 Å². The van der Waals surface area contributed by atoms with Crippen molar-refractivity contribution in [3.63, 3.8) is 0 Å². The summed E-state index contributed by atoms with van der Waals surface area (Å²) in [7, 11) is 0. The van der Waals surface area contributed by atoms with Gasteiger partial charge in [0, 0.05) is 11.2 Å². The molecule has 1 unspecified atom stereocenters. The Kier molecular flexibility index (Phi) is 5.72. The van der Waals surface area contributed by atoms with Crippen molar-refractivity contribution in [2.45, 2.75) is 46.6 Å². The van der Waals surface area contributed by atoms with Crippen molar-refractivity contribution in [1.29, 1.82) is 0 Å². The Morgan fingerprint density at radius 3 is 2.63 bits per heavy atom. The maximum atomic E-state index is 6.21. The Balaban J connectivity index is 2.91. The van der Waals surface area contributed by atoms with Crippen LogP contribution >= 0.6 is 15.9 Å². The Morgan fingerprint density at radius 1 is 1.53 bits per heavy atom. The van der Waals surface area contributed by atoms with Gasteiger partial charge in [-0.3, -0.25) is 0 Å². The summed E-state index contributed by atoms with van der Waals surface area (Å²) in [5.74, 6) is 2.12. The smallest absolute Gasteiger partial charge is 0.159 e. The number of alkyl halides is 1. The normalized spacial score (nSPS) is 20.1. The molecule has 0 saturated carbocycles. The molecule has 0 N–H and O–H groups in total. The summed E-state index contributed by atoms with van der Waals surface area (Å²) in [5.41, 5.74) is 2.12. The van der Waals surface area contributed by atoms with Gasteiger partial charge in [-0.25, -0.2) is 0 Å². The second kappa shape index (κ2) is 6.65. The van der Waals surface area contributed by atoms with E-state index >= 15 is 0 Å². The number of allylic oxidation sites excluding steroid dienone is 4. The summed E-state index contributed by atoms with van der Waals surface area (Å²) in [5, 5.41) is 0.928. The minimum absolute atomic E-state index is 0.395. The van der Waals surface area contributed by atoms with Crippen molar-refractivity contribution < 1.29 is 9.47 Å². The maximum absolute atomic E-state index is 6.21. The van der Waals surface area contributed by atoms with Crippen LogP contribution in [0.3, 0.4) is 0 Å². The van der Waals surface area contributed by atoms with E-state index < -0.39 is 5.60 Å². The first-order chi connectivity index (χ1) is 8.81. The van der Waals surface area contributed by atoms with Crippen LogP contribution in [0.15, 0.2) is 35.3 Å². The van der Waals surface area contributed by atoms with Gasteiger partial charge in [0.1, 0.15) is 11.5 Å². The summed E-state index contributed by atoms with van der Waals surface area (Å²) >= 11 is 3.53. The highest BCUT2D eigenvalue weighted by atomic mass is 79.9. The Hall–Kier alpha value is -0.700. The molecule has 0 aliphatic heterocycles. The number of hydrogen-bond acceptors (Lipinski definition) is 2. The van der Waals surface area contributed by atoms with E-state index in [1.165, 1.54) is 11.1 Å². The van der Waals surface area contributed by atoms with Gasteiger partial charge in [0.15, 0.2) is 5.60 Å². The fourth-order valence-electron chi connectivity index (χ4n) is 2.26. The molecule has 0 amide bonds. The molecule has 1 aliphatic rings. The van der Waals surface area contributed by atoms with E-state index in [-0.39, 0.29) is 0 Å². The molecule has 0 bridgehead atoms. The number of rotatable bonds is 6. The van der Waals surface area contributed by atoms with Crippen LogP contribution in [-0.4, -0.2) is 17.5 Å². The molecule has 0 saturated heterocycles. The molecule has 1 rings (SSSR count). The van der Waals surface area contributed by atoms with Gasteiger partial charge in [0.05, 0.1) is 6.61 Å². The molecule has 0 aromatic rings. The molecule has 0 aromatic heterocycles. The summed E-state index contributed by atoms with van der Waals surface area (Å²) < 4.78 is 11.7. The molecule has 0 radical (unpaired) electrons. The van der Waals surface area contributed by atoms with Crippen LogP contribution in [0, 0.1) is 5.92 Å². The van der Waals surface area contributed by atoms with Gasteiger partial charge in [-0.1, -0.05) is 41.1 Å². The monoisotopic (exact) mass is 328 g/mol. The van der Waals surface area contributed by atoms with Crippen molar-refractivity contribution in [1.82, 2.24) is 0 Å². The van der Waals surface area contributed by atoms with Gasteiger partial charge in [-0.2, -0.15) is 0 Å². The van der Waals surface area contributed by atoms with Crippen molar-refractivity contribution in [2.75, 3.05) is 11.9 Å². The molecule has 0 aromatic carbocycles. The average molecular weight is 329 g/mol. The molecule has 19 heavy (non-hydrogen) atoms. The molecule has 3 heteroatoms. The third kappa shape index (κ3) is 4.13. The molecule has 0 spiro atoms. The van der Waals surface area contributed by atoms with Crippen LogP contribution in [0.5, 0.6) is 0 Å². The number of hydrogen-bond donors (Lipinski definition) is 0. The molecule has 108 valence electrons. The molecule has 2 nitrogen and oxygen atoms in total. The third-order valence-corrected chi connectivity index (χ3v) is 4.07. The predicted octanol–water partition coefficient (Wildman–Crippen LogP) is 4.97. The van der Waals surface area contributed by atoms with E-state index in [0.717, 1.165) is 17.5 Å². The second-order valence-electron chi connectivity index (χ2n) is 5.56. The Morgan fingerprint density at radius 2 is 2.16 bits per heavy atom. The standard InChI is InChI=1S/C16H25BrO2/c1-7-18-13(4)16(5,6)19-15-11(2)8-14(10-17)9-12(15)3/h8,12H,4,7,9-10H2,1-3,5-6H3. The summed E-state index contributed by atoms with van der Waals surface area (Å²) in [6, 6.07) is 0. The fraction of sp³-hybridized carbons (Fsp3) is 0.625. The minimum atomic E-state index is -0.499.